The number of rotatable bonds is 11. The van der Waals surface area contributed by atoms with Crippen LogP contribution in [0.5, 0.6) is 17.2 Å². The highest BCUT2D eigenvalue weighted by molar-refractivity contribution is 5.72. The van der Waals surface area contributed by atoms with Crippen LogP contribution >= 0.6 is 0 Å². The third-order valence-corrected chi connectivity index (χ3v) is 4.05. The molecule has 0 radical (unpaired) electrons. The van der Waals surface area contributed by atoms with Gasteiger partial charge in [0.2, 0.25) is 0 Å². The molecule has 6 nitrogen and oxygen atoms in total. The predicted octanol–water partition coefficient (Wildman–Crippen LogP) is 3.83. The Balaban J connectivity index is 1.88. The van der Waals surface area contributed by atoms with E-state index in [1.54, 1.807) is 21.1 Å². The van der Waals surface area contributed by atoms with Gasteiger partial charge in [-0.2, -0.15) is 0 Å². The molecule has 0 aromatic heterocycles. The molecule has 28 heavy (non-hydrogen) atoms. The van der Waals surface area contributed by atoms with Crippen molar-refractivity contribution in [3.05, 3.63) is 59.7 Å². The molecule has 150 valence electrons. The fourth-order valence-electron chi connectivity index (χ4n) is 2.64. The van der Waals surface area contributed by atoms with Crippen molar-refractivity contribution in [2.45, 2.75) is 19.4 Å². The van der Waals surface area contributed by atoms with E-state index in [1.807, 2.05) is 54.6 Å². The van der Waals surface area contributed by atoms with E-state index in [-0.39, 0.29) is 0 Å². The summed E-state index contributed by atoms with van der Waals surface area (Å²) < 4.78 is 21.4. The summed E-state index contributed by atoms with van der Waals surface area (Å²) in [5.41, 5.74) is 1.86. The SMILES string of the molecule is CCOC(Cc1ccc(OCC=Cc2ccc(OC)c(OC)c2)cc1)C(=O)O. The number of hydrogen-bond acceptors (Lipinski definition) is 5. The molecule has 0 aliphatic rings. The van der Waals surface area contributed by atoms with Crippen LogP contribution in [0.2, 0.25) is 0 Å². The molecule has 2 aromatic carbocycles. The predicted molar refractivity (Wildman–Crippen MR) is 107 cm³/mol. The zero-order valence-corrected chi connectivity index (χ0v) is 16.4. The normalized spacial score (nSPS) is 12.0. The van der Waals surface area contributed by atoms with Gasteiger partial charge in [0.25, 0.3) is 0 Å². The zero-order valence-electron chi connectivity index (χ0n) is 16.4. The number of methoxy groups -OCH3 is 2. The molecule has 2 aromatic rings. The number of carbonyl (C=O) groups is 1. The maximum Gasteiger partial charge on any atom is 0.333 e. The lowest BCUT2D eigenvalue weighted by atomic mass is 10.1. The van der Waals surface area contributed by atoms with Crippen LogP contribution in [0.1, 0.15) is 18.1 Å². The molecule has 0 saturated heterocycles. The Hall–Kier alpha value is -2.99. The summed E-state index contributed by atoms with van der Waals surface area (Å²) in [7, 11) is 3.20. The van der Waals surface area contributed by atoms with Gasteiger partial charge < -0.3 is 24.1 Å². The fraction of sp³-hybridized carbons (Fsp3) is 0.318. The average molecular weight is 386 g/mol. The van der Waals surface area contributed by atoms with Crippen molar-refractivity contribution in [1.29, 1.82) is 0 Å². The van der Waals surface area contributed by atoms with E-state index in [9.17, 15) is 4.79 Å². The van der Waals surface area contributed by atoms with Crippen LogP contribution in [0, 0.1) is 0 Å². The van der Waals surface area contributed by atoms with Gasteiger partial charge in [-0.3, -0.25) is 0 Å². The van der Waals surface area contributed by atoms with Gasteiger partial charge in [-0.25, -0.2) is 4.79 Å². The van der Waals surface area contributed by atoms with Gasteiger partial charge in [0.1, 0.15) is 12.4 Å². The van der Waals surface area contributed by atoms with Crippen LogP contribution in [0.4, 0.5) is 0 Å². The van der Waals surface area contributed by atoms with E-state index in [4.69, 9.17) is 24.1 Å². The molecule has 0 saturated carbocycles. The number of ether oxygens (including phenoxy) is 4. The van der Waals surface area contributed by atoms with E-state index in [2.05, 4.69) is 0 Å². The van der Waals surface area contributed by atoms with Crippen LogP contribution < -0.4 is 14.2 Å². The second-order valence-electron chi connectivity index (χ2n) is 5.96. The Morgan fingerprint density at radius 2 is 1.79 bits per heavy atom. The molecule has 6 heteroatoms. The van der Waals surface area contributed by atoms with Crippen LogP contribution in [0.25, 0.3) is 6.08 Å². The fourth-order valence-corrected chi connectivity index (χ4v) is 2.64. The van der Waals surface area contributed by atoms with E-state index in [0.717, 1.165) is 11.1 Å². The van der Waals surface area contributed by atoms with Crippen molar-refractivity contribution in [3.63, 3.8) is 0 Å². The molecule has 1 atom stereocenters. The Morgan fingerprint density at radius 3 is 2.39 bits per heavy atom. The molecule has 0 amide bonds. The van der Waals surface area contributed by atoms with Crippen molar-refractivity contribution >= 4 is 12.0 Å². The summed E-state index contributed by atoms with van der Waals surface area (Å²) in [4.78, 5) is 11.2. The number of hydrogen-bond donors (Lipinski definition) is 1. The van der Waals surface area contributed by atoms with E-state index < -0.39 is 12.1 Å². The molecule has 0 heterocycles. The lowest BCUT2D eigenvalue weighted by Crippen LogP contribution is -2.26. The van der Waals surface area contributed by atoms with Crippen LogP contribution in [-0.4, -0.2) is 44.6 Å². The third kappa shape index (κ3) is 6.32. The summed E-state index contributed by atoms with van der Waals surface area (Å²) >= 11 is 0. The first-order valence-corrected chi connectivity index (χ1v) is 9.02. The van der Waals surface area contributed by atoms with Gasteiger partial charge in [0.05, 0.1) is 14.2 Å². The molecule has 0 aliphatic heterocycles. The van der Waals surface area contributed by atoms with Crippen LogP contribution in [-0.2, 0) is 16.0 Å². The van der Waals surface area contributed by atoms with Gasteiger partial charge in [-0.15, -0.1) is 0 Å². The minimum atomic E-state index is -0.956. The molecule has 1 N–H and O–H groups in total. The molecule has 0 fully saturated rings. The third-order valence-electron chi connectivity index (χ3n) is 4.05. The summed E-state index contributed by atoms with van der Waals surface area (Å²) in [5.74, 6) is 1.12. The Labute approximate surface area is 165 Å². The first-order valence-electron chi connectivity index (χ1n) is 9.02. The molecule has 0 aliphatic carbocycles. The van der Waals surface area contributed by atoms with Crippen molar-refractivity contribution in [2.24, 2.45) is 0 Å². The minimum Gasteiger partial charge on any atom is -0.493 e. The average Bonchev–Trinajstić information content (AvgIpc) is 2.71. The van der Waals surface area contributed by atoms with Gasteiger partial charge in [-0.1, -0.05) is 24.3 Å². The monoisotopic (exact) mass is 386 g/mol. The summed E-state index contributed by atoms with van der Waals surface area (Å²) in [6, 6.07) is 13.0. The minimum absolute atomic E-state index is 0.322. The van der Waals surface area contributed by atoms with E-state index in [1.165, 1.54) is 0 Å². The molecule has 2 rings (SSSR count). The van der Waals surface area contributed by atoms with Crippen molar-refractivity contribution in [2.75, 3.05) is 27.4 Å². The quantitative estimate of drug-likeness (QED) is 0.633. The Kier molecular flexibility index (Phi) is 8.37. The molecular weight excluding hydrogens is 360 g/mol. The lowest BCUT2D eigenvalue weighted by Gasteiger charge is -2.12. The van der Waals surface area contributed by atoms with Crippen molar-refractivity contribution in [1.82, 2.24) is 0 Å². The second-order valence-corrected chi connectivity index (χ2v) is 5.96. The first-order chi connectivity index (χ1) is 13.6. The molecule has 1 unspecified atom stereocenters. The highest BCUT2D eigenvalue weighted by Gasteiger charge is 2.17. The Morgan fingerprint density at radius 1 is 1.07 bits per heavy atom. The summed E-state index contributed by atoms with van der Waals surface area (Å²) in [6.45, 7) is 2.55. The number of benzene rings is 2. The largest absolute Gasteiger partial charge is 0.493 e. The van der Waals surface area contributed by atoms with E-state index >= 15 is 0 Å². The number of carboxylic acid groups (broad SMARTS) is 1. The maximum absolute atomic E-state index is 11.2. The standard InChI is InChI=1S/C22H26O6/c1-4-27-21(22(23)24)15-17-7-10-18(11-8-17)28-13-5-6-16-9-12-19(25-2)20(14-16)26-3/h5-12,14,21H,4,13,15H2,1-3H3,(H,23,24). The number of carboxylic acids is 1. The smallest absolute Gasteiger partial charge is 0.333 e. The van der Waals surface area contributed by atoms with Gasteiger partial charge in [0, 0.05) is 13.0 Å². The van der Waals surface area contributed by atoms with Crippen LogP contribution in [0.3, 0.4) is 0 Å². The van der Waals surface area contributed by atoms with Gasteiger partial charge in [-0.05, 0) is 48.4 Å². The second kappa shape index (κ2) is 11.0. The lowest BCUT2D eigenvalue weighted by molar-refractivity contribution is -0.149. The Bertz CT molecular complexity index is 782. The zero-order chi connectivity index (χ0) is 20.4. The molecular formula is C22H26O6. The van der Waals surface area contributed by atoms with Gasteiger partial charge >= 0.3 is 5.97 Å². The topological polar surface area (TPSA) is 74.2 Å². The highest BCUT2D eigenvalue weighted by atomic mass is 16.5. The van der Waals surface area contributed by atoms with E-state index in [0.29, 0.717) is 36.9 Å². The van der Waals surface area contributed by atoms with Gasteiger partial charge in [0.15, 0.2) is 17.6 Å². The molecule has 0 bridgehead atoms. The number of aliphatic carboxylic acids is 1. The van der Waals surface area contributed by atoms with Crippen molar-refractivity contribution < 1.29 is 28.8 Å². The summed E-state index contributed by atoms with van der Waals surface area (Å²) in [6.07, 6.45) is 3.34. The highest BCUT2D eigenvalue weighted by Crippen LogP contribution is 2.28. The van der Waals surface area contributed by atoms with Crippen LogP contribution in [0.15, 0.2) is 48.5 Å². The first kappa shape index (κ1) is 21.3. The summed E-state index contributed by atoms with van der Waals surface area (Å²) in [5, 5.41) is 9.15. The molecule has 0 spiro atoms. The maximum atomic E-state index is 11.2. The van der Waals surface area contributed by atoms with Crippen molar-refractivity contribution in [3.8, 4) is 17.2 Å².